The van der Waals surface area contributed by atoms with E-state index in [1.807, 2.05) is 12.1 Å². The van der Waals surface area contributed by atoms with Crippen molar-refractivity contribution in [3.63, 3.8) is 0 Å². The van der Waals surface area contributed by atoms with Gasteiger partial charge in [0.25, 0.3) is 0 Å². The number of aliphatic hydroxyl groups excluding tert-OH is 1. The molecule has 0 atom stereocenters. The average Bonchev–Trinajstić information content (AvgIpc) is 2.88. The van der Waals surface area contributed by atoms with E-state index in [0.29, 0.717) is 13.2 Å². The number of nitrogens with zero attached hydrogens (tertiary/aromatic N) is 3. The molecule has 0 bridgehead atoms. The van der Waals surface area contributed by atoms with Crippen LogP contribution in [0.4, 0.5) is 17.1 Å². The van der Waals surface area contributed by atoms with Gasteiger partial charge in [-0.1, -0.05) is 24.3 Å². The highest BCUT2D eigenvalue weighted by atomic mass is 16.5. The van der Waals surface area contributed by atoms with Crippen LogP contribution >= 0.6 is 0 Å². The van der Waals surface area contributed by atoms with E-state index in [4.69, 9.17) is 14.8 Å². The number of aliphatic hydroxyl groups is 1. The number of ether oxygens (including phenoxy) is 1. The van der Waals surface area contributed by atoms with Crippen LogP contribution < -0.4 is 5.32 Å². The summed E-state index contributed by atoms with van der Waals surface area (Å²) in [6.07, 6.45) is 0. The summed E-state index contributed by atoms with van der Waals surface area (Å²) < 4.78 is 5.39. The number of para-hydroxylation sites is 3. The first-order valence-corrected chi connectivity index (χ1v) is 9.55. The molecule has 1 fully saturated rings. The fourth-order valence-electron chi connectivity index (χ4n) is 3.57. The molecule has 2 aromatic carbocycles. The Morgan fingerprint density at radius 2 is 1.67 bits per heavy atom. The fraction of sp³-hybridized carbons (Fsp3) is 0.381. The zero-order valence-electron chi connectivity index (χ0n) is 15.5. The van der Waals surface area contributed by atoms with Gasteiger partial charge in [0.15, 0.2) is 0 Å². The van der Waals surface area contributed by atoms with Crippen molar-refractivity contribution in [3.8, 4) is 0 Å². The predicted octanol–water partition coefficient (Wildman–Crippen LogP) is 2.45. The molecule has 2 aliphatic heterocycles. The SMILES string of the molecule is OCCOCCN1CCN(C2=Nc3ccccc3Nc3ccccc32)CC1. The quantitative estimate of drug-likeness (QED) is 0.796. The van der Waals surface area contributed by atoms with E-state index < -0.39 is 0 Å². The second-order valence-corrected chi connectivity index (χ2v) is 6.79. The molecular weight excluding hydrogens is 340 g/mol. The zero-order chi connectivity index (χ0) is 18.5. The van der Waals surface area contributed by atoms with Crippen LogP contribution in [0.1, 0.15) is 5.56 Å². The molecule has 0 amide bonds. The van der Waals surface area contributed by atoms with Gasteiger partial charge < -0.3 is 20.1 Å². The highest BCUT2D eigenvalue weighted by molar-refractivity contribution is 6.07. The second kappa shape index (κ2) is 8.52. The van der Waals surface area contributed by atoms with Gasteiger partial charge in [0.1, 0.15) is 5.84 Å². The van der Waals surface area contributed by atoms with Gasteiger partial charge in [0, 0.05) is 44.0 Å². The third kappa shape index (κ3) is 4.13. The van der Waals surface area contributed by atoms with Crippen molar-refractivity contribution in [2.75, 3.05) is 57.9 Å². The Labute approximate surface area is 160 Å². The summed E-state index contributed by atoms with van der Waals surface area (Å²) in [7, 11) is 0. The largest absolute Gasteiger partial charge is 0.394 e. The van der Waals surface area contributed by atoms with Crippen molar-refractivity contribution in [1.82, 2.24) is 9.80 Å². The summed E-state index contributed by atoms with van der Waals surface area (Å²) in [6.45, 7) is 5.92. The van der Waals surface area contributed by atoms with Gasteiger partial charge in [-0.2, -0.15) is 0 Å². The minimum absolute atomic E-state index is 0.0858. The molecule has 6 heteroatoms. The number of benzene rings is 2. The summed E-state index contributed by atoms with van der Waals surface area (Å²) >= 11 is 0. The molecule has 0 unspecified atom stereocenters. The summed E-state index contributed by atoms with van der Waals surface area (Å²) in [4.78, 5) is 9.81. The first-order chi connectivity index (χ1) is 13.3. The number of aliphatic imine (C=N–C) groups is 1. The second-order valence-electron chi connectivity index (χ2n) is 6.79. The van der Waals surface area contributed by atoms with Crippen LogP contribution in [0.2, 0.25) is 0 Å². The standard InChI is InChI=1S/C21H26N4O2/c26-14-16-27-15-13-24-9-11-25(12-10-24)21-17-5-1-2-6-18(17)22-19-7-3-4-8-20(19)23-21/h1-8,22,26H,9-16H2. The van der Waals surface area contributed by atoms with Crippen LogP contribution in [0.3, 0.4) is 0 Å². The number of hydrogen-bond donors (Lipinski definition) is 2. The lowest BCUT2D eigenvalue weighted by Crippen LogP contribution is -2.49. The van der Waals surface area contributed by atoms with Gasteiger partial charge in [-0.15, -0.1) is 0 Å². The van der Waals surface area contributed by atoms with Gasteiger partial charge in [0.05, 0.1) is 31.2 Å². The lowest BCUT2D eigenvalue weighted by Gasteiger charge is -2.36. The third-order valence-electron chi connectivity index (χ3n) is 5.03. The van der Waals surface area contributed by atoms with Crippen LogP contribution in [0.25, 0.3) is 0 Å². The van der Waals surface area contributed by atoms with E-state index in [0.717, 1.165) is 61.2 Å². The maximum absolute atomic E-state index is 8.79. The summed E-state index contributed by atoms with van der Waals surface area (Å²) in [5.74, 6) is 1.04. The van der Waals surface area contributed by atoms with Crippen molar-refractivity contribution in [1.29, 1.82) is 0 Å². The van der Waals surface area contributed by atoms with Gasteiger partial charge in [0.2, 0.25) is 0 Å². The molecule has 27 heavy (non-hydrogen) atoms. The van der Waals surface area contributed by atoms with Crippen molar-refractivity contribution >= 4 is 22.9 Å². The molecule has 0 saturated carbocycles. The smallest absolute Gasteiger partial charge is 0.138 e. The Bertz CT molecular complexity index is 800. The average molecular weight is 366 g/mol. The van der Waals surface area contributed by atoms with Crippen LogP contribution in [-0.2, 0) is 4.74 Å². The molecule has 0 radical (unpaired) electrons. The van der Waals surface area contributed by atoms with E-state index in [9.17, 15) is 0 Å². The van der Waals surface area contributed by atoms with E-state index >= 15 is 0 Å². The first-order valence-electron chi connectivity index (χ1n) is 9.55. The van der Waals surface area contributed by atoms with Crippen LogP contribution in [0.5, 0.6) is 0 Å². The predicted molar refractivity (Wildman–Crippen MR) is 108 cm³/mol. The van der Waals surface area contributed by atoms with Crippen LogP contribution in [0.15, 0.2) is 53.5 Å². The normalized spacial score (nSPS) is 16.8. The Morgan fingerprint density at radius 1 is 0.926 bits per heavy atom. The van der Waals surface area contributed by atoms with Gasteiger partial charge in [-0.05, 0) is 24.3 Å². The van der Waals surface area contributed by atoms with Gasteiger partial charge in [-0.25, -0.2) is 4.99 Å². The molecule has 2 heterocycles. The highest BCUT2D eigenvalue weighted by Gasteiger charge is 2.24. The highest BCUT2D eigenvalue weighted by Crippen LogP contribution is 2.34. The number of fused-ring (bicyclic) bond motifs is 2. The molecule has 2 aromatic rings. The minimum Gasteiger partial charge on any atom is -0.394 e. The summed E-state index contributed by atoms with van der Waals surface area (Å²) in [6, 6.07) is 16.6. The molecular formula is C21H26N4O2. The Balaban J connectivity index is 1.50. The van der Waals surface area contributed by atoms with E-state index in [1.54, 1.807) is 0 Å². The maximum Gasteiger partial charge on any atom is 0.138 e. The molecule has 6 nitrogen and oxygen atoms in total. The fourth-order valence-corrected chi connectivity index (χ4v) is 3.57. The maximum atomic E-state index is 8.79. The van der Waals surface area contributed by atoms with E-state index in [1.165, 1.54) is 0 Å². The molecule has 0 spiro atoms. The van der Waals surface area contributed by atoms with Crippen molar-refractivity contribution in [3.05, 3.63) is 54.1 Å². The van der Waals surface area contributed by atoms with Crippen LogP contribution in [-0.4, -0.2) is 73.3 Å². The number of anilines is 2. The lowest BCUT2D eigenvalue weighted by molar-refractivity contribution is 0.0652. The minimum atomic E-state index is 0.0858. The third-order valence-corrected chi connectivity index (χ3v) is 5.03. The van der Waals surface area contributed by atoms with Crippen molar-refractivity contribution in [2.45, 2.75) is 0 Å². The molecule has 2 N–H and O–H groups in total. The molecule has 4 rings (SSSR count). The summed E-state index contributed by atoms with van der Waals surface area (Å²) in [5, 5.41) is 12.3. The molecule has 142 valence electrons. The summed E-state index contributed by atoms with van der Waals surface area (Å²) in [5.41, 5.74) is 4.26. The topological polar surface area (TPSA) is 60.3 Å². The van der Waals surface area contributed by atoms with E-state index in [2.05, 4.69) is 51.5 Å². The first kappa shape index (κ1) is 18.0. The van der Waals surface area contributed by atoms with E-state index in [-0.39, 0.29) is 6.61 Å². The number of rotatable bonds is 5. The number of piperazine rings is 1. The molecule has 2 aliphatic rings. The van der Waals surface area contributed by atoms with Gasteiger partial charge in [-0.3, -0.25) is 4.90 Å². The number of amidine groups is 1. The monoisotopic (exact) mass is 366 g/mol. The lowest BCUT2D eigenvalue weighted by atomic mass is 10.1. The zero-order valence-corrected chi connectivity index (χ0v) is 15.5. The van der Waals surface area contributed by atoms with Crippen molar-refractivity contribution < 1.29 is 9.84 Å². The van der Waals surface area contributed by atoms with Crippen molar-refractivity contribution in [2.24, 2.45) is 4.99 Å². The molecule has 0 aromatic heterocycles. The molecule has 1 saturated heterocycles. The Hall–Kier alpha value is -2.41. The Morgan fingerprint density at radius 3 is 2.48 bits per heavy atom. The van der Waals surface area contributed by atoms with Gasteiger partial charge >= 0.3 is 0 Å². The Kier molecular flexibility index (Phi) is 5.67. The van der Waals surface area contributed by atoms with Crippen LogP contribution in [0, 0.1) is 0 Å². The number of hydrogen-bond acceptors (Lipinski definition) is 6. The molecule has 0 aliphatic carbocycles. The number of nitrogens with one attached hydrogen (secondary N) is 1.